The van der Waals surface area contributed by atoms with Crippen molar-refractivity contribution in [2.24, 2.45) is 0 Å². The number of hydrogen-bond donors (Lipinski definition) is 1. The van der Waals surface area contributed by atoms with Gasteiger partial charge in [-0.2, -0.15) is 0 Å². The van der Waals surface area contributed by atoms with Crippen LogP contribution in [0.25, 0.3) is 0 Å². The molecule has 0 bridgehead atoms. The quantitative estimate of drug-likeness (QED) is 0.862. The maximum Gasteiger partial charge on any atom is 0.126 e. The van der Waals surface area contributed by atoms with Crippen LogP contribution >= 0.6 is 0 Å². The molecule has 0 fully saturated rings. The summed E-state index contributed by atoms with van der Waals surface area (Å²) in [5.41, 5.74) is 1.72. The number of rotatable bonds is 6. The molecule has 0 saturated carbocycles. The summed E-state index contributed by atoms with van der Waals surface area (Å²) in [5, 5.41) is 3.38. The van der Waals surface area contributed by atoms with E-state index in [4.69, 9.17) is 0 Å². The van der Waals surface area contributed by atoms with Gasteiger partial charge in [0.15, 0.2) is 0 Å². The average Bonchev–Trinajstić information content (AvgIpc) is 2.47. The lowest BCUT2D eigenvalue weighted by Gasteiger charge is -2.26. The van der Waals surface area contributed by atoms with E-state index in [-0.39, 0.29) is 12.0 Å². The Morgan fingerprint density at radius 1 is 1.05 bits per heavy atom. The fourth-order valence-electron chi connectivity index (χ4n) is 2.50. The van der Waals surface area contributed by atoms with Gasteiger partial charge in [-0.05, 0) is 48.4 Å². The molecule has 2 unspecified atom stereocenters. The zero-order valence-electron chi connectivity index (χ0n) is 12.3. The van der Waals surface area contributed by atoms with Crippen molar-refractivity contribution in [3.63, 3.8) is 0 Å². The Labute approximate surface area is 124 Å². The molecule has 0 aliphatic carbocycles. The van der Waals surface area contributed by atoms with Crippen molar-refractivity contribution in [3.05, 3.63) is 65.5 Å². The van der Waals surface area contributed by atoms with Crippen molar-refractivity contribution in [3.8, 4) is 0 Å². The summed E-state index contributed by atoms with van der Waals surface area (Å²) in [5.74, 6) is -1.01. The number of pyridine rings is 1. The molecule has 1 heterocycles. The van der Waals surface area contributed by atoms with Crippen molar-refractivity contribution in [1.29, 1.82) is 0 Å². The Hall–Kier alpha value is -1.81. The number of hydrogen-bond acceptors (Lipinski definition) is 2. The summed E-state index contributed by atoms with van der Waals surface area (Å²) in [6.07, 6.45) is 4.42. The van der Waals surface area contributed by atoms with Gasteiger partial charge in [0.05, 0.1) is 0 Å². The number of aromatic nitrogens is 1. The maximum absolute atomic E-state index is 13.5. The number of nitrogens with one attached hydrogen (secondary N) is 1. The minimum absolute atomic E-state index is 0.0840. The first-order chi connectivity index (χ1) is 10.1. The van der Waals surface area contributed by atoms with Gasteiger partial charge in [-0.3, -0.25) is 4.98 Å². The topological polar surface area (TPSA) is 24.9 Å². The van der Waals surface area contributed by atoms with Crippen LogP contribution in [0.5, 0.6) is 0 Å². The molecule has 4 heteroatoms. The van der Waals surface area contributed by atoms with Crippen LogP contribution in [0, 0.1) is 11.6 Å². The van der Waals surface area contributed by atoms with Gasteiger partial charge in [0, 0.05) is 30.4 Å². The first-order valence-electron chi connectivity index (χ1n) is 7.21. The van der Waals surface area contributed by atoms with Gasteiger partial charge in [-0.25, -0.2) is 8.78 Å². The highest BCUT2D eigenvalue weighted by molar-refractivity contribution is 5.27. The Morgan fingerprint density at radius 2 is 1.67 bits per heavy atom. The lowest BCUT2D eigenvalue weighted by molar-refractivity contribution is 0.459. The van der Waals surface area contributed by atoms with E-state index < -0.39 is 11.6 Å². The molecule has 0 radical (unpaired) electrons. The molecule has 0 saturated heterocycles. The molecule has 2 rings (SSSR count). The Kier molecular flexibility index (Phi) is 5.39. The maximum atomic E-state index is 13.5. The molecular weight excluding hydrogens is 270 g/mol. The van der Waals surface area contributed by atoms with Gasteiger partial charge in [0.1, 0.15) is 11.6 Å². The predicted octanol–water partition coefficient (Wildman–Crippen LogP) is 4.20. The molecule has 112 valence electrons. The molecule has 1 aromatic carbocycles. The summed E-state index contributed by atoms with van der Waals surface area (Å²) < 4.78 is 27.0. The summed E-state index contributed by atoms with van der Waals surface area (Å²) in [6, 6.07) is 7.42. The summed E-state index contributed by atoms with van der Waals surface area (Å²) in [6.45, 7) is 4.90. The fourth-order valence-corrected chi connectivity index (χ4v) is 2.50. The second-order valence-electron chi connectivity index (χ2n) is 5.20. The van der Waals surface area contributed by atoms with Crippen LogP contribution in [0.4, 0.5) is 8.78 Å². The van der Waals surface area contributed by atoms with Crippen LogP contribution in [0.3, 0.4) is 0 Å². The Balaban J connectivity index is 2.33. The van der Waals surface area contributed by atoms with Gasteiger partial charge in [0.25, 0.3) is 0 Å². The van der Waals surface area contributed by atoms with Crippen LogP contribution in [0.1, 0.15) is 43.4 Å². The van der Waals surface area contributed by atoms with Crippen LogP contribution in [-0.2, 0) is 0 Å². The smallest absolute Gasteiger partial charge is 0.126 e. The molecule has 1 N–H and O–H groups in total. The summed E-state index contributed by atoms with van der Waals surface area (Å²) in [4.78, 5) is 4.01. The third kappa shape index (κ3) is 4.08. The Bertz CT molecular complexity index is 552. The molecule has 2 aromatic rings. The summed E-state index contributed by atoms with van der Waals surface area (Å²) >= 11 is 0. The molecule has 1 aromatic heterocycles. The van der Waals surface area contributed by atoms with Crippen LogP contribution < -0.4 is 5.32 Å². The molecule has 0 aliphatic rings. The van der Waals surface area contributed by atoms with E-state index in [2.05, 4.69) is 17.2 Å². The lowest BCUT2D eigenvalue weighted by atomic mass is 9.89. The van der Waals surface area contributed by atoms with E-state index in [1.54, 1.807) is 12.4 Å². The van der Waals surface area contributed by atoms with E-state index in [9.17, 15) is 8.78 Å². The molecule has 2 nitrogen and oxygen atoms in total. The highest BCUT2D eigenvalue weighted by atomic mass is 19.1. The van der Waals surface area contributed by atoms with Gasteiger partial charge in [-0.15, -0.1) is 0 Å². The SMILES string of the molecule is CCCNC(c1cc(F)cc(F)c1)C(C)c1ccncc1. The van der Waals surface area contributed by atoms with Crippen molar-refractivity contribution in [2.45, 2.75) is 32.2 Å². The van der Waals surface area contributed by atoms with Gasteiger partial charge < -0.3 is 5.32 Å². The average molecular weight is 290 g/mol. The lowest BCUT2D eigenvalue weighted by Crippen LogP contribution is -2.27. The van der Waals surface area contributed by atoms with Crippen LogP contribution in [-0.4, -0.2) is 11.5 Å². The zero-order chi connectivity index (χ0) is 15.2. The third-order valence-electron chi connectivity index (χ3n) is 3.59. The Morgan fingerprint density at radius 3 is 2.24 bits per heavy atom. The highest BCUT2D eigenvalue weighted by Gasteiger charge is 2.21. The minimum atomic E-state index is -0.546. The number of halogens is 2. The summed E-state index contributed by atoms with van der Waals surface area (Å²) in [7, 11) is 0. The largest absolute Gasteiger partial charge is 0.309 e. The first-order valence-corrected chi connectivity index (χ1v) is 7.21. The van der Waals surface area contributed by atoms with E-state index in [1.807, 2.05) is 19.1 Å². The third-order valence-corrected chi connectivity index (χ3v) is 3.59. The van der Waals surface area contributed by atoms with Crippen molar-refractivity contribution < 1.29 is 8.78 Å². The normalized spacial score (nSPS) is 13.9. The van der Waals surface area contributed by atoms with Gasteiger partial charge in [-0.1, -0.05) is 13.8 Å². The van der Waals surface area contributed by atoms with Gasteiger partial charge in [0.2, 0.25) is 0 Å². The zero-order valence-corrected chi connectivity index (χ0v) is 12.3. The minimum Gasteiger partial charge on any atom is -0.309 e. The second-order valence-corrected chi connectivity index (χ2v) is 5.20. The van der Waals surface area contributed by atoms with E-state index in [1.165, 1.54) is 12.1 Å². The highest BCUT2D eigenvalue weighted by Crippen LogP contribution is 2.31. The predicted molar refractivity (Wildman–Crippen MR) is 80.0 cm³/mol. The monoisotopic (exact) mass is 290 g/mol. The van der Waals surface area contributed by atoms with Crippen molar-refractivity contribution >= 4 is 0 Å². The molecule has 0 spiro atoms. The molecule has 0 amide bonds. The molecule has 2 atom stereocenters. The first kappa shape index (κ1) is 15.6. The molecule has 0 aliphatic heterocycles. The van der Waals surface area contributed by atoms with Crippen LogP contribution in [0.2, 0.25) is 0 Å². The van der Waals surface area contributed by atoms with Crippen molar-refractivity contribution in [2.75, 3.05) is 6.54 Å². The standard InChI is InChI=1S/C17H20F2N2/c1-3-6-21-17(12(2)13-4-7-20-8-5-13)14-9-15(18)11-16(19)10-14/h4-5,7-12,17,21H,3,6H2,1-2H3. The number of benzene rings is 1. The number of nitrogens with zero attached hydrogens (tertiary/aromatic N) is 1. The fraction of sp³-hybridized carbons (Fsp3) is 0.353. The van der Waals surface area contributed by atoms with Gasteiger partial charge >= 0.3 is 0 Å². The van der Waals surface area contributed by atoms with Crippen LogP contribution in [0.15, 0.2) is 42.7 Å². The van der Waals surface area contributed by atoms with Crippen molar-refractivity contribution in [1.82, 2.24) is 10.3 Å². The second kappa shape index (κ2) is 7.27. The van der Waals surface area contributed by atoms with E-state index in [0.29, 0.717) is 5.56 Å². The molecule has 21 heavy (non-hydrogen) atoms. The van der Waals surface area contributed by atoms with E-state index in [0.717, 1.165) is 24.6 Å². The molecular formula is C17H20F2N2. The van der Waals surface area contributed by atoms with E-state index >= 15 is 0 Å².